The molecule has 30 heavy (non-hydrogen) atoms. The Morgan fingerprint density at radius 2 is 1.80 bits per heavy atom. The first kappa shape index (κ1) is 20.0. The fourth-order valence-electron chi connectivity index (χ4n) is 3.49. The minimum Gasteiger partial charge on any atom is -0.339 e. The first-order chi connectivity index (χ1) is 14.3. The summed E-state index contributed by atoms with van der Waals surface area (Å²) in [5.41, 5.74) is 0.0840. The largest absolute Gasteiger partial charge is 0.339 e. The standard InChI is InChI=1S/C20H20N4O5S/c25-18-16-11-15(6-7-17(16)22-20(27)23-18)30(28,29)21-12-13-4-3-5-14(10-13)19(26)24-8-1-2-9-24/h3-7,10-11,21H,1-2,8-9,12H2,(H2,22,23,25,27). The Morgan fingerprint density at radius 1 is 1.03 bits per heavy atom. The van der Waals surface area contributed by atoms with E-state index < -0.39 is 21.3 Å². The minimum absolute atomic E-state index is 0.0104. The summed E-state index contributed by atoms with van der Waals surface area (Å²) in [6.07, 6.45) is 1.99. The SMILES string of the molecule is O=C(c1cccc(CNS(=O)(=O)c2ccc3[nH]c(=O)[nH]c(=O)c3c2)c1)N1CCCC1. The highest BCUT2D eigenvalue weighted by Gasteiger charge is 2.20. The first-order valence-corrected chi connectivity index (χ1v) is 11.0. The van der Waals surface area contributed by atoms with Gasteiger partial charge in [0.1, 0.15) is 0 Å². The van der Waals surface area contributed by atoms with Crippen molar-refractivity contribution in [1.82, 2.24) is 19.6 Å². The van der Waals surface area contributed by atoms with Crippen molar-refractivity contribution in [3.05, 3.63) is 74.4 Å². The summed E-state index contributed by atoms with van der Waals surface area (Å²) in [5.74, 6) is -0.0556. The van der Waals surface area contributed by atoms with E-state index in [0.29, 0.717) is 11.1 Å². The van der Waals surface area contributed by atoms with Gasteiger partial charge in [0.25, 0.3) is 11.5 Å². The fraction of sp³-hybridized carbons (Fsp3) is 0.250. The van der Waals surface area contributed by atoms with E-state index in [-0.39, 0.29) is 28.3 Å². The number of nitrogens with one attached hydrogen (secondary N) is 3. The van der Waals surface area contributed by atoms with Crippen molar-refractivity contribution >= 4 is 26.8 Å². The molecular weight excluding hydrogens is 408 g/mol. The average molecular weight is 428 g/mol. The van der Waals surface area contributed by atoms with E-state index >= 15 is 0 Å². The molecule has 0 saturated carbocycles. The predicted molar refractivity (Wildman–Crippen MR) is 111 cm³/mol. The van der Waals surface area contributed by atoms with Gasteiger partial charge in [0, 0.05) is 25.2 Å². The van der Waals surface area contributed by atoms with Crippen LogP contribution in [-0.4, -0.2) is 42.3 Å². The van der Waals surface area contributed by atoms with Crippen LogP contribution >= 0.6 is 0 Å². The van der Waals surface area contributed by atoms with Crippen molar-refractivity contribution < 1.29 is 13.2 Å². The predicted octanol–water partition coefficient (Wildman–Crippen LogP) is 0.931. The van der Waals surface area contributed by atoms with Gasteiger partial charge in [-0.1, -0.05) is 12.1 Å². The number of H-pyrrole nitrogens is 2. The molecule has 1 aliphatic rings. The number of rotatable bonds is 5. The van der Waals surface area contributed by atoms with Gasteiger partial charge in [-0.3, -0.25) is 14.6 Å². The third-order valence-corrected chi connectivity index (χ3v) is 6.45. The summed E-state index contributed by atoms with van der Waals surface area (Å²) in [6.45, 7) is 1.47. The maximum Gasteiger partial charge on any atom is 0.326 e. The second kappa shape index (κ2) is 7.88. The van der Waals surface area contributed by atoms with Gasteiger partial charge in [-0.25, -0.2) is 17.9 Å². The number of aromatic nitrogens is 2. The van der Waals surface area contributed by atoms with E-state index in [1.807, 2.05) is 0 Å². The molecule has 0 unspecified atom stereocenters. The van der Waals surface area contributed by atoms with Gasteiger partial charge in [0.2, 0.25) is 10.0 Å². The molecule has 1 aliphatic heterocycles. The highest BCUT2D eigenvalue weighted by molar-refractivity contribution is 7.89. The van der Waals surface area contributed by atoms with E-state index in [9.17, 15) is 22.8 Å². The molecule has 2 aromatic carbocycles. The van der Waals surface area contributed by atoms with Crippen molar-refractivity contribution in [2.24, 2.45) is 0 Å². The molecule has 1 aromatic heterocycles. The normalized spacial score (nSPS) is 14.3. The number of aromatic amines is 2. The lowest BCUT2D eigenvalue weighted by atomic mass is 10.1. The Labute approximate surface area is 171 Å². The highest BCUT2D eigenvalue weighted by Crippen LogP contribution is 2.16. The monoisotopic (exact) mass is 428 g/mol. The van der Waals surface area contributed by atoms with Crippen LogP contribution in [0.4, 0.5) is 0 Å². The molecule has 4 rings (SSSR count). The lowest BCUT2D eigenvalue weighted by Crippen LogP contribution is -2.28. The summed E-state index contributed by atoms with van der Waals surface area (Å²) in [7, 11) is -3.92. The maximum atomic E-state index is 12.7. The van der Waals surface area contributed by atoms with E-state index in [4.69, 9.17) is 0 Å². The molecule has 0 aliphatic carbocycles. The molecule has 9 nitrogen and oxygen atoms in total. The Morgan fingerprint density at radius 3 is 2.57 bits per heavy atom. The lowest BCUT2D eigenvalue weighted by molar-refractivity contribution is 0.0792. The van der Waals surface area contributed by atoms with Gasteiger partial charge in [-0.05, 0) is 48.7 Å². The molecule has 3 aromatic rings. The zero-order valence-electron chi connectivity index (χ0n) is 16.0. The van der Waals surface area contributed by atoms with Crippen LogP contribution in [0.25, 0.3) is 10.9 Å². The Balaban J connectivity index is 1.54. The van der Waals surface area contributed by atoms with E-state index in [1.165, 1.54) is 18.2 Å². The van der Waals surface area contributed by atoms with Crippen LogP contribution in [-0.2, 0) is 16.6 Å². The summed E-state index contributed by atoms with van der Waals surface area (Å²) >= 11 is 0. The van der Waals surface area contributed by atoms with Crippen LogP contribution in [0.3, 0.4) is 0 Å². The number of nitrogens with zero attached hydrogens (tertiary/aromatic N) is 1. The van der Waals surface area contributed by atoms with Gasteiger partial charge in [-0.15, -0.1) is 0 Å². The molecule has 0 radical (unpaired) electrons. The van der Waals surface area contributed by atoms with Crippen LogP contribution in [0.1, 0.15) is 28.8 Å². The third kappa shape index (κ3) is 4.05. The zero-order valence-corrected chi connectivity index (χ0v) is 16.8. The summed E-state index contributed by atoms with van der Waals surface area (Å²) in [6, 6.07) is 10.7. The molecule has 0 bridgehead atoms. The van der Waals surface area contributed by atoms with Crippen molar-refractivity contribution in [2.45, 2.75) is 24.3 Å². The number of amides is 1. The molecular formula is C20H20N4O5S. The van der Waals surface area contributed by atoms with E-state index in [0.717, 1.165) is 25.9 Å². The number of benzene rings is 2. The molecule has 0 spiro atoms. The zero-order chi connectivity index (χ0) is 21.3. The summed E-state index contributed by atoms with van der Waals surface area (Å²) in [5, 5.41) is 0.0654. The molecule has 1 fully saturated rings. The minimum atomic E-state index is -3.92. The van der Waals surface area contributed by atoms with Crippen molar-refractivity contribution in [1.29, 1.82) is 0 Å². The number of hydrogen-bond donors (Lipinski definition) is 3. The molecule has 1 amide bonds. The lowest BCUT2D eigenvalue weighted by Gasteiger charge is -2.15. The van der Waals surface area contributed by atoms with E-state index in [2.05, 4.69) is 14.7 Å². The van der Waals surface area contributed by atoms with Crippen LogP contribution in [0.2, 0.25) is 0 Å². The van der Waals surface area contributed by atoms with Gasteiger partial charge >= 0.3 is 5.69 Å². The van der Waals surface area contributed by atoms with Gasteiger partial charge in [-0.2, -0.15) is 0 Å². The average Bonchev–Trinajstić information content (AvgIpc) is 3.26. The third-order valence-electron chi connectivity index (χ3n) is 5.05. The number of sulfonamides is 1. The number of likely N-dealkylation sites (tertiary alicyclic amines) is 1. The topological polar surface area (TPSA) is 132 Å². The molecule has 2 heterocycles. The number of fused-ring (bicyclic) bond motifs is 1. The number of carbonyl (C=O) groups excluding carboxylic acids is 1. The van der Waals surface area contributed by atoms with Crippen LogP contribution < -0.4 is 16.0 Å². The number of carbonyl (C=O) groups is 1. The quantitative estimate of drug-likeness (QED) is 0.556. The second-order valence-electron chi connectivity index (χ2n) is 7.14. The summed E-state index contributed by atoms with van der Waals surface area (Å²) in [4.78, 5) is 42.0. The van der Waals surface area contributed by atoms with Crippen molar-refractivity contribution in [2.75, 3.05) is 13.1 Å². The Hall–Kier alpha value is -3.24. The smallest absolute Gasteiger partial charge is 0.326 e. The van der Waals surface area contributed by atoms with Crippen molar-refractivity contribution in [3.8, 4) is 0 Å². The van der Waals surface area contributed by atoms with E-state index in [1.54, 1.807) is 29.2 Å². The fourth-order valence-corrected chi connectivity index (χ4v) is 4.53. The molecule has 0 atom stereocenters. The van der Waals surface area contributed by atoms with Gasteiger partial charge in [0.15, 0.2) is 0 Å². The van der Waals surface area contributed by atoms with Crippen LogP contribution in [0.5, 0.6) is 0 Å². The highest BCUT2D eigenvalue weighted by atomic mass is 32.2. The van der Waals surface area contributed by atoms with Crippen LogP contribution in [0, 0.1) is 0 Å². The van der Waals surface area contributed by atoms with Gasteiger partial charge in [0.05, 0.1) is 15.8 Å². The number of hydrogen-bond acceptors (Lipinski definition) is 5. The van der Waals surface area contributed by atoms with Crippen LogP contribution in [0.15, 0.2) is 56.9 Å². The Bertz CT molecular complexity index is 1340. The van der Waals surface area contributed by atoms with Gasteiger partial charge < -0.3 is 9.88 Å². The molecule has 156 valence electrons. The molecule has 3 N–H and O–H groups in total. The van der Waals surface area contributed by atoms with Crippen molar-refractivity contribution in [3.63, 3.8) is 0 Å². The molecule has 1 saturated heterocycles. The Kier molecular flexibility index (Phi) is 5.27. The second-order valence-corrected chi connectivity index (χ2v) is 8.91. The summed E-state index contributed by atoms with van der Waals surface area (Å²) < 4.78 is 27.9. The molecule has 10 heteroatoms. The first-order valence-electron chi connectivity index (χ1n) is 9.48. The maximum absolute atomic E-state index is 12.7.